The summed E-state index contributed by atoms with van der Waals surface area (Å²) in [5.41, 5.74) is 5.67. The number of hydrogen-bond acceptors (Lipinski definition) is 2. The van der Waals surface area contributed by atoms with Crippen LogP contribution in [0.4, 0.5) is 0 Å². The molecule has 0 amide bonds. The molecule has 0 aromatic heterocycles. The summed E-state index contributed by atoms with van der Waals surface area (Å²) in [5, 5.41) is 0. The summed E-state index contributed by atoms with van der Waals surface area (Å²) < 4.78 is 0. The molecule has 0 aromatic carbocycles. The van der Waals surface area contributed by atoms with Gasteiger partial charge in [0.05, 0.1) is 0 Å². The van der Waals surface area contributed by atoms with Gasteiger partial charge in [-0.05, 0) is 6.42 Å². The number of carbonyl (C=O) groups is 1. The van der Waals surface area contributed by atoms with Gasteiger partial charge in [0.25, 0.3) is 0 Å². The minimum atomic E-state index is 0.101. The molecule has 0 saturated carbocycles. The van der Waals surface area contributed by atoms with Crippen molar-refractivity contribution < 1.29 is 4.79 Å². The van der Waals surface area contributed by atoms with E-state index in [9.17, 15) is 4.79 Å². The van der Waals surface area contributed by atoms with Crippen LogP contribution >= 0.6 is 0 Å². The van der Waals surface area contributed by atoms with Crippen molar-refractivity contribution in [1.82, 2.24) is 0 Å². The van der Waals surface area contributed by atoms with Crippen molar-refractivity contribution in [2.45, 2.75) is 57.9 Å². The Morgan fingerprint density at radius 3 is 2.50 bits per heavy atom. The largest absolute Gasteiger partial charge is 0.327 e. The topological polar surface area (TPSA) is 43.1 Å². The summed E-state index contributed by atoms with van der Waals surface area (Å²) in [5.74, 6) is 0. The Balaban J connectivity index is 3.02. The van der Waals surface area contributed by atoms with Crippen molar-refractivity contribution >= 4 is 6.29 Å². The quantitative estimate of drug-likeness (QED) is 0.449. The highest BCUT2D eigenvalue weighted by atomic mass is 16.1. The van der Waals surface area contributed by atoms with E-state index in [2.05, 4.69) is 6.92 Å². The molecular weight excluding hydrogens is 150 g/mol. The van der Waals surface area contributed by atoms with E-state index < -0.39 is 0 Å². The molecule has 2 heteroatoms. The lowest BCUT2D eigenvalue weighted by Crippen LogP contribution is -2.19. The smallest absolute Gasteiger partial charge is 0.121 e. The summed E-state index contributed by atoms with van der Waals surface area (Å²) in [6.45, 7) is 2.21. The molecule has 12 heavy (non-hydrogen) atoms. The van der Waals surface area contributed by atoms with Gasteiger partial charge in [0.1, 0.15) is 6.29 Å². The number of nitrogens with two attached hydrogens (primary N) is 1. The van der Waals surface area contributed by atoms with Crippen LogP contribution in [-0.4, -0.2) is 12.3 Å². The van der Waals surface area contributed by atoms with Crippen LogP contribution in [0.3, 0.4) is 0 Å². The number of hydrogen-bond donors (Lipinski definition) is 1. The lowest BCUT2D eigenvalue weighted by atomic mass is 10.1. The second-order valence-corrected chi connectivity index (χ2v) is 3.37. The highest BCUT2D eigenvalue weighted by molar-refractivity contribution is 5.50. The lowest BCUT2D eigenvalue weighted by molar-refractivity contribution is -0.108. The van der Waals surface area contributed by atoms with Gasteiger partial charge in [-0.1, -0.05) is 39.0 Å². The van der Waals surface area contributed by atoms with Crippen molar-refractivity contribution in [2.24, 2.45) is 5.73 Å². The van der Waals surface area contributed by atoms with Crippen LogP contribution in [0.5, 0.6) is 0 Å². The van der Waals surface area contributed by atoms with Gasteiger partial charge >= 0.3 is 0 Å². The number of rotatable bonds is 8. The molecule has 0 fully saturated rings. The Labute approximate surface area is 75.5 Å². The van der Waals surface area contributed by atoms with Crippen molar-refractivity contribution in [3.63, 3.8) is 0 Å². The molecule has 0 radical (unpaired) electrons. The van der Waals surface area contributed by atoms with Gasteiger partial charge in [-0.25, -0.2) is 0 Å². The third kappa shape index (κ3) is 7.73. The fourth-order valence-electron chi connectivity index (χ4n) is 1.25. The van der Waals surface area contributed by atoms with Gasteiger partial charge < -0.3 is 10.5 Å². The number of aldehydes is 1. The molecule has 0 bridgehead atoms. The summed E-state index contributed by atoms with van der Waals surface area (Å²) in [6.07, 6.45) is 8.79. The Hall–Kier alpha value is -0.370. The van der Waals surface area contributed by atoms with Crippen LogP contribution in [0.15, 0.2) is 0 Å². The van der Waals surface area contributed by atoms with E-state index in [4.69, 9.17) is 5.73 Å². The van der Waals surface area contributed by atoms with E-state index in [0.717, 1.165) is 12.7 Å². The first-order valence-corrected chi connectivity index (χ1v) is 5.00. The second kappa shape index (κ2) is 8.72. The van der Waals surface area contributed by atoms with Crippen LogP contribution in [0.1, 0.15) is 51.9 Å². The summed E-state index contributed by atoms with van der Waals surface area (Å²) in [6, 6.07) is 0.101. The van der Waals surface area contributed by atoms with Crippen LogP contribution in [0.25, 0.3) is 0 Å². The molecule has 0 aliphatic heterocycles. The predicted molar refractivity (Wildman–Crippen MR) is 52.0 cm³/mol. The summed E-state index contributed by atoms with van der Waals surface area (Å²) in [7, 11) is 0. The van der Waals surface area contributed by atoms with Gasteiger partial charge in [0.2, 0.25) is 0 Å². The van der Waals surface area contributed by atoms with Gasteiger partial charge in [-0.2, -0.15) is 0 Å². The molecule has 2 N–H and O–H groups in total. The molecule has 0 aliphatic carbocycles. The molecule has 1 unspecified atom stereocenters. The maximum Gasteiger partial charge on any atom is 0.121 e. The molecule has 0 saturated heterocycles. The molecule has 0 aliphatic rings. The molecule has 2 nitrogen and oxygen atoms in total. The second-order valence-electron chi connectivity index (χ2n) is 3.37. The summed E-state index contributed by atoms with van der Waals surface area (Å²) >= 11 is 0. The molecule has 0 heterocycles. The Kier molecular flexibility index (Phi) is 8.46. The van der Waals surface area contributed by atoms with E-state index in [0.29, 0.717) is 6.42 Å². The highest BCUT2D eigenvalue weighted by Gasteiger charge is 1.99. The van der Waals surface area contributed by atoms with Crippen LogP contribution in [0, 0.1) is 0 Å². The molecular formula is C10H21NO. The van der Waals surface area contributed by atoms with Gasteiger partial charge in [-0.15, -0.1) is 0 Å². The zero-order valence-corrected chi connectivity index (χ0v) is 8.09. The van der Waals surface area contributed by atoms with Crippen LogP contribution in [0.2, 0.25) is 0 Å². The monoisotopic (exact) mass is 171 g/mol. The number of carbonyl (C=O) groups excluding carboxylic acids is 1. The van der Waals surface area contributed by atoms with Gasteiger partial charge in [0, 0.05) is 12.5 Å². The Bertz CT molecular complexity index is 104. The third-order valence-corrected chi connectivity index (χ3v) is 2.08. The first-order chi connectivity index (χ1) is 5.81. The maximum absolute atomic E-state index is 10.1. The predicted octanol–water partition coefficient (Wildman–Crippen LogP) is 2.26. The van der Waals surface area contributed by atoms with Crippen molar-refractivity contribution in [2.75, 3.05) is 0 Å². The maximum atomic E-state index is 10.1. The molecule has 72 valence electrons. The Morgan fingerprint density at radius 1 is 1.25 bits per heavy atom. The van der Waals surface area contributed by atoms with E-state index in [1.807, 2.05) is 0 Å². The molecule has 1 atom stereocenters. The SMILES string of the molecule is CCCCCCCC(N)CC=O. The van der Waals surface area contributed by atoms with E-state index in [1.165, 1.54) is 32.1 Å². The first-order valence-electron chi connectivity index (χ1n) is 5.00. The van der Waals surface area contributed by atoms with Crippen molar-refractivity contribution in [3.8, 4) is 0 Å². The van der Waals surface area contributed by atoms with E-state index in [1.54, 1.807) is 0 Å². The van der Waals surface area contributed by atoms with Gasteiger partial charge in [-0.3, -0.25) is 0 Å². The lowest BCUT2D eigenvalue weighted by Gasteiger charge is -2.06. The zero-order chi connectivity index (χ0) is 9.23. The number of unbranched alkanes of at least 4 members (excludes halogenated alkanes) is 4. The van der Waals surface area contributed by atoms with E-state index in [-0.39, 0.29) is 6.04 Å². The Morgan fingerprint density at radius 2 is 1.92 bits per heavy atom. The zero-order valence-electron chi connectivity index (χ0n) is 8.09. The summed E-state index contributed by atoms with van der Waals surface area (Å²) in [4.78, 5) is 10.1. The average molecular weight is 171 g/mol. The fourth-order valence-corrected chi connectivity index (χ4v) is 1.25. The third-order valence-electron chi connectivity index (χ3n) is 2.08. The fraction of sp³-hybridized carbons (Fsp3) is 0.900. The normalized spacial score (nSPS) is 12.8. The molecule has 0 spiro atoms. The highest BCUT2D eigenvalue weighted by Crippen LogP contribution is 2.06. The van der Waals surface area contributed by atoms with Gasteiger partial charge in [0.15, 0.2) is 0 Å². The van der Waals surface area contributed by atoms with Crippen molar-refractivity contribution in [3.05, 3.63) is 0 Å². The molecule has 0 rings (SSSR count). The van der Waals surface area contributed by atoms with Crippen LogP contribution in [-0.2, 0) is 4.79 Å². The standard InChI is InChI=1S/C10H21NO/c1-2-3-4-5-6-7-10(11)8-9-12/h9-10H,2-8,11H2,1H3. The van der Waals surface area contributed by atoms with Crippen LogP contribution < -0.4 is 5.73 Å². The van der Waals surface area contributed by atoms with Crippen molar-refractivity contribution in [1.29, 1.82) is 0 Å². The first kappa shape index (κ1) is 11.6. The molecule has 0 aromatic rings. The average Bonchev–Trinajstić information content (AvgIpc) is 2.05. The minimum absolute atomic E-state index is 0.101. The minimum Gasteiger partial charge on any atom is -0.327 e. The van der Waals surface area contributed by atoms with E-state index >= 15 is 0 Å².